The summed E-state index contributed by atoms with van der Waals surface area (Å²) in [7, 11) is 1.66. The van der Waals surface area contributed by atoms with Crippen LogP contribution in [0.2, 0.25) is 0 Å². The smallest absolute Gasteiger partial charge is 0.338 e. The van der Waals surface area contributed by atoms with Gasteiger partial charge < -0.3 is 19.4 Å². The molecule has 2 aromatic carbocycles. The number of amides is 1. The van der Waals surface area contributed by atoms with E-state index in [1.807, 2.05) is 23.6 Å². The molecule has 1 heterocycles. The monoisotopic (exact) mass is 482 g/mol. The Balaban J connectivity index is 1.51. The second-order valence-electron chi connectivity index (χ2n) is 7.48. The third kappa shape index (κ3) is 7.08. The first-order valence-corrected chi connectivity index (χ1v) is 12.3. The number of benzene rings is 2. The highest BCUT2D eigenvalue weighted by Crippen LogP contribution is 2.20. The Morgan fingerprint density at radius 3 is 2.56 bits per heavy atom. The van der Waals surface area contributed by atoms with E-state index in [0.717, 1.165) is 42.5 Å². The van der Waals surface area contributed by atoms with E-state index < -0.39 is 5.97 Å². The van der Waals surface area contributed by atoms with Crippen molar-refractivity contribution in [3.8, 4) is 5.75 Å². The number of aryl methyl sites for hydroxylation is 2. The number of anilines is 1. The summed E-state index contributed by atoms with van der Waals surface area (Å²) in [5, 5.41) is 12.2. The maximum Gasteiger partial charge on any atom is 0.338 e. The van der Waals surface area contributed by atoms with Gasteiger partial charge in [0.25, 0.3) is 0 Å². The number of carbonyl (C=O) groups excluding carboxylic acids is 2. The molecule has 0 saturated carbocycles. The van der Waals surface area contributed by atoms with Gasteiger partial charge in [0, 0.05) is 18.7 Å². The molecule has 180 valence electrons. The van der Waals surface area contributed by atoms with Gasteiger partial charge in [0.05, 0.1) is 25.0 Å². The minimum absolute atomic E-state index is 0.183. The Kier molecular flexibility index (Phi) is 9.51. The Morgan fingerprint density at radius 1 is 1.06 bits per heavy atom. The topological polar surface area (TPSA) is 95.3 Å². The fourth-order valence-corrected chi connectivity index (χ4v) is 4.26. The number of thioether (sulfide) groups is 1. The molecule has 0 aliphatic rings. The lowest BCUT2D eigenvalue weighted by Gasteiger charge is -2.09. The second-order valence-corrected chi connectivity index (χ2v) is 8.43. The van der Waals surface area contributed by atoms with Crippen molar-refractivity contribution in [3.05, 3.63) is 65.5 Å². The highest BCUT2D eigenvalue weighted by molar-refractivity contribution is 7.99. The van der Waals surface area contributed by atoms with Gasteiger partial charge in [-0.3, -0.25) is 4.79 Å². The lowest BCUT2D eigenvalue weighted by atomic mass is 10.1. The number of hydrogen-bond acceptors (Lipinski definition) is 7. The minimum atomic E-state index is -0.413. The van der Waals surface area contributed by atoms with E-state index in [9.17, 15) is 9.59 Å². The number of hydrogen-bond donors (Lipinski definition) is 1. The molecule has 0 aliphatic carbocycles. The van der Waals surface area contributed by atoms with Gasteiger partial charge in [-0.15, -0.1) is 10.2 Å². The van der Waals surface area contributed by atoms with Gasteiger partial charge in [0.2, 0.25) is 5.91 Å². The van der Waals surface area contributed by atoms with Crippen molar-refractivity contribution in [2.24, 2.45) is 0 Å². The number of rotatable bonds is 12. The summed E-state index contributed by atoms with van der Waals surface area (Å²) in [5.41, 5.74) is 2.20. The lowest BCUT2D eigenvalue weighted by Crippen LogP contribution is -2.15. The van der Waals surface area contributed by atoms with E-state index in [4.69, 9.17) is 9.47 Å². The zero-order chi connectivity index (χ0) is 24.3. The van der Waals surface area contributed by atoms with Crippen molar-refractivity contribution in [2.45, 2.75) is 44.8 Å². The first kappa shape index (κ1) is 25.3. The van der Waals surface area contributed by atoms with E-state index in [1.165, 1.54) is 17.3 Å². The Bertz CT molecular complexity index is 1100. The van der Waals surface area contributed by atoms with Gasteiger partial charge in [-0.25, -0.2) is 4.79 Å². The zero-order valence-electron chi connectivity index (χ0n) is 19.7. The molecule has 0 unspecified atom stereocenters. The molecule has 3 rings (SSSR count). The second kappa shape index (κ2) is 12.8. The van der Waals surface area contributed by atoms with Crippen LogP contribution in [-0.4, -0.2) is 46.1 Å². The van der Waals surface area contributed by atoms with Crippen molar-refractivity contribution in [1.29, 1.82) is 0 Å². The van der Waals surface area contributed by atoms with Crippen LogP contribution in [0.15, 0.2) is 53.7 Å². The third-order valence-corrected chi connectivity index (χ3v) is 6.09. The number of nitrogens with zero attached hydrogens (tertiary/aromatic N) is 3. The number of nitrogens with one attached hydrogen (secondary N) is 1. The average molecular weight is 483 g/mol. The van der Waals surface area contributed by atoms with Crippen molar-refractivity contribution in [1.82, 2.24) is 14.8 Å². The van der Waals surface area contributed by atoms with Crippen LogP contribution in [0, 0.1) is 0 Å². The normalized spacial score (nSPS) is 10.7. The quantitative estimate of drug-likeness (QED) is 0.302. The number of ether oxygens (including phenoxy) is 2. The molecular formula is C25H30N4O4S. The summed E-state index contributed by atoms with van der Waals surface area (Å²) in [6.07, 6.45) is 2.70. The molecule has 3 aromatic rings. The summed E-state index contributed by atoms with van der Waals surface area (Å²) < 4.78 is 12.3. The molecule has 1 N–H and O–H groups in total. The molecule has 8 nitrogen and oxygen atoms in total. The van der Waals surface area contributed by atoms with E-state index in [1.54, 1.807) is 38.3 Å². The predicted molar refractivity (Wildman–Crippen MR) is 132 cm³/mol. The van der Waals surface area contributed by atoms with E-state index in [0.29, 0.717) is 17.9 Å². The molecule has 9 heteroatoms. The van der Waals surface area contributed by atoms with Crippen LogP contribution in [0.4, 0.5) is 5.69 Å². The van der Waals surface area contributed by atoms with Gasteiger partial charge >= 0.3 is 5.97 Å². The fraction of sp³-hybridized carbons (Fsp3) is 0.360. The molecule has 1 aromatic heterocycles. The maximum absolute atomic E-state index is 12.5. The number of aromatic nitrogens is 3. The Hall–Kier alpha value is -3.33. The van der Waals surface area contributed by atoms with Crippen LogP contribution in [0.25, 0.3) is 0 Å². The van der Waals surface area contributed by atoms with Crippen molar-refractivity contribution in [3.63, 3.8) is 0 Å². The average Bonchev–Trinajstić information content (AvgIpc) is 3.25. The molecule has 0 bridgehead atoms. The van der Waals surface area contributed by atoms with E-state index in [2.05, 4.69) is 27.6 Å². The molecule has 0 saturated heterocycles. The summed E-state index contributed by atoms with van der Waals surface area (Å²) in [5.74, 6) is 1.36. The molecule has 1 amide bonds. The molecule has 34 heavy (non-hydrogen) atoms. The fourth-order valence-electron chi connectivity index (χ4n) is 3.44. The molecule has 0 fully saturated rings. The van der Waals surface area contributed by atoms with Crippen molar-refractivity contribution >= 4 is 29.3 Å². The van der Waals surface area contributed by atoms with Gasteiger partial charge in [0.1, 0.15) is 11.6 Å². The molecular weight excluding hydrogens is 452 g/mol. The SMILES string of the molecule is CCOC(=O)c1cccc(NC(=O)CSc2nnc(CCCc3ccc(OC)cc3)n2CC)c1. The first-order chi connectivity index (χ1) is 16.5. The maximum atomic E-state index is 12.5. The van der Waals surface area contributed by atoms with Crippen LogP contribution < -0.4 is 10.1 Å². The lowest BCUT2D eigenvalue weighted by molar-refractivity contribution is -0.113. The summed E-state index contributed by atoms with van der Waals surface area (Å²) in [4.78, 5) is 24.3. The van der Waals surface area contributed by atoms with Crippen molar-refractivity contribution < 1.29 is 19.1 Å². The highest BCUT2D eigenvalue weighted by atomic mass is 32.2. The summed E-state index contributed by atoms with van der Waals surface area (Å²) in [6.45, 7) is 4.83. The van der Waals surface area contributed by atoms with Gasteiger partial charge in [-0.05, 0) is 62.6 Å². The summed E-state index contributed by atoms with van der Waals surface area (Å²) in [6, 6.07) is 14.8. The van der Waals surface area contributed by atoms with E-state index in [-0.39, 0.29) is 11.7 Å². The third-order valence-electron chi connectivity index (χ3n) is 5.12. The standard InChI is InChI=1S/C25H30N4O4S/c1-4-29-22(11-6-8-18-12-14-21(32-3)15-13-18)27-28-25(29)34-17-23(30)26-20-10-7-9-19(16-20)24(31)33-5-2/h7,9-10,12-16H,4-6,8,11,17H2,1-3H3,(H,26,30). The van der Waals surface area contributed by atoms with Crippen LogP contribution in [0.1, 0.15) is 42.0 Å². The largest absolute Gasteiger partial charge is 0.497 e. The van der Waals surface area contributed by atoms with Gasteiger partial charge in [0.15, 0.2) is 5.16 Å². The highest BCUT2D eigenvalue weighted by Gasteiger charge is 2.14. The molecule has 0 atom stereocenters. The Morgan fingerprint density at radius 2 is 1.85 bits per heavy atom. The molecule has 0 radical (unpaired) electrons. The Labute approximate surface area is 204 Å². The number of methoxy groups -OCH3 is 1. The van der Waals surface area contributed by atoms with Crippen LogP contribution in [0.5, 0.6) is 5.75 Å². The molecule has 0 aliphatic heterocycles. The minimum Gasteiger partial charge on any atom is -0.497 e. The number of carbonyl (C=O) groups is 2. The zero-order valence-corrected chi connectivity index (χ0v) is 20.6. The van der Waals surface area contributed by atoms with E-state index >= 15 is 0 Å². The van der Waals surface area contributed by atoms with Gasteiger partial charge in [-0.2, -0.15) is 0 Å². The number of esters is 1. The van der Waals surface area contributed by atoms with Crippen LogP contribution >= 0.6 is 11.8 Å². The van der Waals surface area contributed by atoms with Crippen LogP contribution in [-0.2, 0) is 28.9 Å². The first-order valence-electron chi connectivity index (χ1n) is 11.3. The summed E-state index contributed by atoms with van der Waals surface area (Å²) >= 11 is 1.34. The van der Waals surface area contributed by atoms with Gasteiger partial charge in [-0.1, -0.05) is 30.0 Å². The van der Waals surface area contributed by atoms with Crippen molar-refractivity contribution in [2.75, 3.05) is 24.8 Å². The van der Waals surface area contributed by atoms with Crippen LogP contribution in [0.3, 0.4) is 0 Å². The predicted octanol–water partition coefficient (Wildman–Crippen LogP) is 4.39. The molecule has 0 spiro atoms.